The van der Waals surface area contributed by atoms with Crippen molar-refractivity contribution in [3.8, 4) is 5.75 Å². The van der Waals surface area contributed by atoms with E-state index in [0.717, 1.165) is 22.4 Å². The van der Waals surface area contributed by atoms with Gasteiger partial charge in [-0.3, -0.25) is 0 Å². The number of ether oxygens (including phenoxy) is 1. The fourth-order valence-corrected chi connectivity index (χ4v) is 2.13. The first-order chi connectivity index (χ1) is 9.22. The average Bonchev–Trinajstić information content (AvgIpc) is 2.48. The van der Waals surface area contributed by atoms with Gasteiger partial charge in [0.2, 0.25) is 0 Å². The first kappa shape index (κ1) is 13.4. The SMILES string of the molecule is C=C(CC(N)c1ccccc1)c1ccccc1OC. The Morgan fingerprint density at radius 2 is 1.74 bits per heavy atom. The zero-order valence-electron chi connectivity index (χ0n) is 11.2. The number of methoxy groups -OCH3 is 1. The van der Waals surface area contributed by atoms with Gasteiger partial charge in [-0.2, -0.15) is 0 Å². The van der Waals surface area contributed by atoms with Crippen LogP contribution in [0.15, 0.2) is 61.2 Å². The first-order valence-corrected chi connectivity index (χ1v) is 6.34. The molecule has 0 aromatic heterocycles. The summed E-state index contributed by atoms with van der Waals surface area (Å²) in [7, 11) is 1.67. The molecule has 0 aliphatic carbocycles. The van der Waals surface area contributed by atoms with E-state index in [4.69, 9.17) is 10.5 Å². The lowest BCUT2D eigenvalue weighted by Crippen LogP contribution is -2.10. The topological polar surface area (TPSA) is 35.2 Å². The Morgan fingerprint density at radius 1 is 1.11 bits per heavy atom. The van der Waals surface area contributed by atoms with Crippen LogP contribution < -0.4 is 10.5 Å². The summed E-state index contributed by atoms with van der Waals surface area (Å²) < 4.78 is 5.35. The van der Waals surface area contributed by atoms with Gasteiger partial charge in [0.15, 0.2) is 0 Å². The molecule has 0 heterocycles. The van der Waals surface area contributed by atoms with Crippen molar-refractivity contribution in [1.82, 2.24) is 0 Å². The van der Waals surface area contributed by atoms with Gasteiger partial charge in [-0.15, -0.1) is 0 Å². The molecule has 0 spiro atoms. The Kier molecular flexibility index (Phi) is 4.37. The summed E-state index contributed by atoms with van der Waals surface area (Å²) in [6.07, 6.45) is 0.713. The molecular formula is C17H19NO. The van der Waals surface area contributed by atoms with Crippen molar-refractivity contribution in [2.45, 2.75) is 12.5 Å². The van der Waals surface area contributed by atoms with Gasteiger partial charge in [0.05, 0.1) is 7.11 Å². The van der Waals surface area contributed by atoms with E-state index >= 15 is 0 Å². The summed E-state index contributed by atoms with van der Waals surface area (Å²) in [5, 5.41) is 0. The van der Waals surface area contributed by atoms with Gasteiger partial charge < -0.3 is 10.5 Å². The predicted molar refractivity (Wildman–Crippen MR) is 80.0 cm³/mol. The van der Waals surface area contributed by atoms with Crippen LogP contribution in [-0.4, -0.2) is 7.11 Å². The lowest BCUT2D eigenvalue weighted by Gasteiger charge is -2.16. The molecule has 0 saturated heterocycles. The zero-order chi connectivity index (χ0) is 13.7. The molecule has 2 aromatic rings. The van der Waals surface area contributed by atoms with Crippen molar-refractivity contribution >= 4 is 5.57 Å². The van der Waals surface area contributed by atoms with E-state index in [1.54, 1.807) is 7.11 Å². The van der Waals surface area contributed by atoms with Crippen molar-refractivity contribution in [3.63, 3.8) is 0 Å². The molecule has 1 atom stereocenters. The summed E-state index contributed by atoms with van der Waals surface area (Å²) in [4.78, 5) is 0. The van der Waals surface area contributed by atoms with E-state index in [0.29, 0.717) is 6.42 Å². The molecule has 2 heteroatoms. The molecular weight excluding hydrogens is 234 g/mol. The lowest BCUT2D eigenvalue weighted by atomic mass is 9.95. The van der Waals surface area contributed by atoms with Gasteiger partial charge >= 0.3 is 0 Å². The summed E-state index contributed by atoms with van der Waals surface area (Å²) in [5.74, 6) is 0.841. The molecule has 0 saturated carbocycles. The Labute approximate surface area is 114 Å². The van der Waals surface area contributed by atoms with Gasteiger partial charge in [-0.25, -0.2) is 0 Å². The minimum atomic E-state index is -0.0430. The third-order valence-electron chi connectivity index (χ3n) is 3.18. The normalized spacial score (nSPS) is 11.9. The van der Waals surface area contributed by atoms with Gasteiger partial charge in [-0.1, -0.05) is 55.1 Å². The van der Waals surface area contributed by atoms with E-state index in [-0.39, 0.29) is 6.04 Å². The highest BCUT2D eigenvalue weighted by atomic mass is 16.5. The highest BCUT2D eigenvalue weighted by Crippen LogP contribution is 2.30. The predicted octanol–water partition coefficient (Wildman–Crippen LogP) is 3.80. The fourth-order valence-electron chi connectivity index (χ4n) is 2.13. The molecule has 0 radical (unpaired) electrons. The molecule has 2 rings (SSSR count). The van der Waals surface area contributed by atoms with Crippen LogP contribution in [0.3, 0.4) is 0 Å². The fraction of sp³-hybridized carbons (Fsp3) is 0.176. The van der Waals surface area contributed by atoms with Gasteiger partial charge in [0, 0.05) is 11.6 Å². The summed E-state index contributed by atoms with van der Waals surface area (Å²) in [5.41, 5.74) is 9.37. The maximum absolute atomic E-state index is 6.22. The molecule has 19 heavy (non-hydrogen) atoms. The van der Waals surface area contributed by atoms with Crippen molar-refractivity contribution in [1.29, 1.82) is 0 Å². The standard InChI is InChI=1S/C17H19NO/c1-13(15-10-6-7-11-17(15)19-2)12-16(18)14-8-4-3-5-9-14/h3-11,16H,1,12,18H2,2H3. The summed E-state index contributed by atoms with van der Waals surface area (Å²) >= 11 is 0. The van der Waals surface area contributed by atoms with Gasteiger partial charge in [0.25, 0.3) is 0 Å². The second-order valence-electron chi connectivity index (χ2n) is 4.53. The Hall–Kier alpha value is -2.06. The van der Waals surface area contributed by atoms with Gasteiger partial charge in [0.1, 0.15) is 5.75 Å². The zero-order valence-corrected chi connectivity index (χ0v) is 11.2. The number of para-hydroxylation sites is 1. The van der Waals surface area contributed by atoms with Crippen molar-refractivity contribution in [2.24, 2.45) is 5.73 Å². The van der Waals surface area contributed by atoms with E-state index < -0.39 is 0 Å². The average molecular weight is 253 g/mol. The molecule has 98 valence electrons. The van der Waals surface area contributed by atoms with Crippen LogP contribution in [0.2, 0.25) is 0 Å². The van der Waals surface area contributed by atoms with E-state index in [1.165, 1.54) is 0 Å². The largest absolute Gasteiger partial charge is 0.496 e. The maximum Gasteiger partial charge on any atom is 0.126 e. The Morgan fingerprint density at radius 3 is 2.42 bits per heavy atom. The molecule has 0 aliphatic rings. The smallest absolute Gasteiger partial charge is 0.126 e. The molecule has 0 aliphatic heterocycles. The molecule has 2 aromatic carbocycles. The highest BCUT2D eigenvalue weighted by molar-refractivity contribution is 5.69. The van der Waals surface area contributed by atoms with Gasteiger partial charge in [-0.05, 0) is 23.6 Å². The first-order valence-electron chi connectivity index (χ1n) is 6.34. The monoisotopic (exact) mass is 253 g/mol. The Balaban J connectivity index is 2.13. The van der Waals surface area contributed by atoms with E-state index in [9.17, 15) is 0 Å². The van der Waals surface area contributed by atoms with Crippen molar-refractivity contribution < 1.29 is 4.74 Å². The third kappa shape index (κ3) is 3.24. The lowest BCUT2D eigenvalue weighted by molar-refractivity contribution is 0.413. The molecule has 0 amide bonds. The third-order valence-corrected chi connectivity index (χ3v) is 3.18. The van der Waals surface area contributed by atoms with Crippen molar-refractivity contribution in [2.75, 3.05) is 7.11 Å². The van der Waals surface area contributed by atoms with E-state index in [2.05, 4.69) is 6.58 Å². The number of nitrogens with two attached hydrogens (primary N) is 1. The minimum Gasteiger partial charge on any atom is -0.496 e. The molecule has 0 fully saturated rings. The summed E-state index contributed by atoms with van der Waals surface area (Å²) in [6.45, 7) is 4.14. The van der Waals surface area contributed by atoms with Crippen LogP contribution in [0.25, 0.3) is 5.57 Å². The Bertz CT molecular complexity index is 548. The molecule has 2 N–H and O–H groups in total. The number of benzene rings is 2. The molecule has 1 unspecified atom stereocenters. The van der Waals surface area contributed by atoms with Crippen LogP contribution in [-0.2, 0) is 0 Å². The van der Waals surface area contributed by atoms with Crippen LogP contribution in [0.5, 0.6) is 5.75 Å². The van der Waals surface area contributed by atoms with Crippen molar-refractivity contribution in [3.05, 3.63) is 72.3 Å². The van der Waals surface area contributed by atoms with Crippen LogP contribution >= 0.6 is 0 Å². The molecule has 0 bridgehead atoms. The number of hydrogen-bond donors (Lipinski definition) is 1. The van der Waals surface area contributed by atoms with Crippen LogP contribution in [0.1, 0.15) is 23.6 Å². The number of rotatable bonds is 5. The molecule has 2 nitrogen and oxygen atoms in total. The van der Waals surface area contributed by atoms with Crippen LogP contribution in [0, 0.1) is 0 Å². The maximum atomic E-state index is 6.22. The highest BCUT2D eigenvalue weighted by Gasteiger charge is 2.11. The van der Waals surface area contributed by atoms with E-state index in [1.807, 2.05) is 54.6 Å². The second kappa shape index (κ2) is 6.21. The van der Waals surface area contributed by atoms with Crippen LogP contribution in [0.4, 0.5) is 0 Å². The minimum absolute atomic E-state index is 0.0430. The quantitative estimate of drug-likeness (QED) is 0.879. The summed E-state index contributed by atoms with van der Waals surface area (Å²) in [6, 6.07) is 17.9. The second-order valence-corrected chi connectivity index (χ2v) is 4.53. The number of hydrogen-bond acceptors (Lipinski definition) is 2.